The molecular formula is C25H39N3O2. The normalized spacial score (nSPS) is 22.3. The molecule has 0 unspecified atom stereocenters. The number of hydrogen-bond donors (Lipinski definition) is 2. The topological polar surface area (TPSA) is 61.4 Å². The van der Waals surface area contributed by atoms with Crippen LogP contribution in [-0.2, 0) is 4.79 Å². The molecule has 1 aromatic carbocycles. The maximum atomic E-state index is 12.6. The van der Waals surface area contributed by atoms with Gasteiger partial charge < -0.3 is 15.5 Å². The van der Waals surface area contributed by atoms with Gasteiger partial charge in [-0.2, -0.15) is 0 Å². The summed E-state index contributed by atoms with van der Waals surface area (Å²) in [5, 5.41) is 6.26. The highest BCUT2D eigenvalue weighted by atomic mass is 16.2. The molecule has 2 fully saturated rings. The highest BCUT2D eigenvalue weighted by Gasteiger charge is 2.32. The monoisotopic (exact) mass is 413 g/mol. The molecule has 5 heteroatoms. The molecule has 2 N–H and O–H groups in total. The van der Waals surface area contributed by atoms with Gasteiger partial charge in [-0.3, -0.25) is 4.79 Å². The Labute approximate surface area is 182 Å². The standard InChI is InChI=1S/C25H39N3O2/c1-19-14-15-23(16-20(19)2)28-18-22(17-24(28)29)27-25(30)26-21-12-10-8-6-4-3-5-7-9-11-13-21/h14-16,21-22H,3-13,17-18H2,1-2H3,(H2,26,27,30)/t22-/m1/s1. The number of nitrogens with one attached hydrogen (secondary N) is 2. The van der Waals surface area contributed by atoms with Crippen LogP contribution >= 0.6 is 0 Å². The summed E-state index contributed by atoms with van der Waals surface area (Å²) in [5.74, 6) is 0.0783. The quantitative estimate of drug-likeness (QED) is 0.699. The van der Waals surface area contributed by atoms with Crippen LogP contribution in [0.25, 0.3) is 0 Å². The van der Waals surface area contributed by atoms with E-state index < -0.39 is 0 Å². The van der Waals surface area contributed by atoms with E-state index in [1.807, 2.05) is 6.07 Å². The summed E-state index contributed by atoms with van der Waals surface area (Å²) in [5.41, 5.74) is 3.32. The van der Waals surface area contributed by atoms with E-state index in [0.29, 0.717) is 13.0 Å². The maximum Gasteiger partial charge on any atom is 0.315 e. The smallest absolute Gasteiger partial charge is 0.315 e. The Bertz CT molecular complexity index is 706. The average Bonchev–Trinajstić information content (AvgIpc) is 3.06. The number of urea groups is 1. The Morgan fingerprint density at radius 1 is 0.833 bits per heavy atom. The Morgan fingerprint density at radius 2 is 1.40 bits per heavy atom. The van der Waals surface area contributed by atoms with Crippen molar-refractivity contribution in [2.45, 2.75) is 103 Å². The first-order chi connectivity index (χ1) is 14.5. The molecule has 3 rings (SSSR count). The van der Waals surface area contributed by atoms with Crippen molar-refractivity contribution in [1.29, 1.82) is 0 Å². The van der Waals surface area contributed by atoms with E-state index in [0.717, 1.165) is 18.5 Å². The van der Waals surface area contributed by atoms with Crippen molar-refractivity contribution in [3.05, 3.63) is 29.3 Å². The van der Waals surface area contributed by atoms with Crippen molar-refractivity contribution >= 4 is 17.6 Å². The van der Waals surface area contributed by atoms with Gasteiger partial charge in [0.05, 0.1) is 6.04 Å². The molecule has 1 atom stereocenters. The van der Waals surface area contributed by atoms with Crippen LogP contribution < -0.4 is 15.5 Å². The van der Waals surface area contributed by atoms with Crippen molar-refractivity contribution in [3.8, 4) is 0 Å². The highest BCUT2D eigenvalue weighted by Crippen LogP contribution is 2.24. The van der Waals surface area contributed by atoms with Crippen molar-refractivity contribution in [3.63, 3.8) is 0 Å². The number of carbonyl (C=O) groups excluding carboxylic acids is 2. The summed E-state index contributed by atoms with van der Waals surface area (Å²) in [6.07, 6.45) is 14.1. The zero-order valence-corrected chi connectivity index (χ0v) is 18.8. The summed E-state index contributed by atoms with van der Waals surface area (Å²) in [6, 6.07) is 6.10. The molecule has 0 spiro atoms. The molecule has 0 aromatic heterocycles. The minimum atomic E-state index is -0.134. The van der Waals surface area contributed by atoms with Crippen molar-refractivity contribution in [2.24, 2.45) is 0 Å². The molecule has 1 saturated carbocycles. The molecule has 1 heterocycles. The summed E-state index contributed by atoms with van der Waals surface area (Å²) >= 11 is 0. The molecule has 30 heavy (non-hydrogen) atoms. The van der Waals surface area contributed by atoms with Gasteiger partial charge in [0.1, 0.15) is 0 Å². The molecule has 1 aliphatic carbocycles. The maximum absolute atomic E-state index is 12.6. The fourth-order valence-corrected chi connectivity index (χ4v) is 4.67. The lowest BCUT2D eigenvalue weighted by molar-refractivity contribution is -0.117. The lowest BCUT2D eigenvalue weighted by Crippen LogP contribution is -2.47. The Balaban J connectivity index is 1.49. The van der Waals surface area contributed by atoms with Gasteiger partial charge in [0.15, 0.2) is 0 Å². The summed E-state index contributed by atoms with van der Waals surface area (Å²) in [4.78, 5) is 27.0. The fourth-order valence-electron chi connectivity index (χ4n) is 4.67. The molecule has 0 radical (unpaired) electrons. The number of amides is 3. The van der Waals surface area contributed by atoms with Crippen LogP contribution in [0.4, 0.5) is 10.5 Å². The van der Waals surface area contributed by atoms with Gasteiger partial charge >= 0.3 is 6.03 Å². The van der Waals surface area contributed by atoms with Crippen LogP contribution in [-0.4, -0.2) is 30.6 Å². The Kier molecular flexibility index (Phi) is 8.59. The minimum absolute atomic E-state index is 0.0783. The highest BCUT2D eigenvalue weighted by molar-refractivity contribution is 5.96. The number of carbonyl (C=O) groups is 2. The third kappa shape index (κ3) is 6.75. The number of anilines is 1. The molecule has 0 bridgehead atoms. The van der Waals surface area contributed by atoms with Crippen LogP contribution in [0.5, 0.6) is 0 Å². The molecule has 5 nitrogen and oxygen atoms in total. The molecule has 1 aliphatic heterocycles. The zero-order chi connectivity index (χ0) is 21.3. The molecule has 166 valence electrons. The first kappa shape index (κ1) is 22.6. The molecule has 3 amide bonds. The zero-order valence-electron chi connectivity index (χ0n) is 18.8. The number of benzene rings is 1. The van der Waals surface area contributed by atoms with Crippen molar-refractivity contribution in [1.82, 2.24) is 10.6 Å². The fraction of sp³-hybridized carbons (Fsp3) is 0.680. The van der Waals surface area contributed by atoms with Crippen LogP contribution in [0, 0.1) is 13.8 Å². The predicted molar refractivity (Wildman–Crippen MR) is 123 cm³/mol. The second-order valence-electron chi connectivity index (χ2n) is 9.25. The lowest BCUT2D eigenvalue weighted by Gasteiger charge is -2.22. The third-order valence-electron chi connectivity index (χ3n) is 6.70. The molecule has 1 saturated heterocycles. The van der Waals surface area contributed by atoms with Gasteiger partial charge in [0.2, 0.25) is 5.91 Å². The third-order valence-corrected chi connectivity index (χ3v) is 6.70. The average molecular weight is 414 g/mol. The van der Waals surface area contributed by atoms with Gasteiger partial charge in [-0.1, -0.05) is 63.9 Å². The minimum Gasteiger partial charge on any atom is -0.335 e. The van der Waals surface area contributed by atoms with Gasteiger partial charge in [-0.05, 0) is 49.9 Å². The number of hydrogen-bond acceptors (Lipinski definition) is 2. The lowest BCUT2D eigenvalue weighted by atomic mass is 9.98. The first-order valence-electron chi connectivity index (χ1n) is 12.0. The van der Waals surface area contributed by atoms with Gasteiger partial charge in [-0.25, -0.2) is 4.79 Å². The van der Waals surface area contributed by atoms with Gasteiger partial charge in [0, 0.05) is 24.7 Å². The van der Waals surface area contributed by atoms with E-state index in [4.69, 9.17) is 0 Å². The summed E-state index contributed by atoms with van der Waals surface area (Å²) in [7, 11) is 0. The van der Waals surface area contributed by atoms with Crippen molar-refractivity contribution in [2.75, 3.05) is 11.4 Å². The van der Waals surface area contributed by atoms with Crippen LogP contribution in [0.2, 0.25) is 0 Å². The van der Waals surface area contributed by atoms with E-state index in [2.05, 4.69) is 36.6 Å². The second kappa shape index (κ2) is 11.4. The van der Waals surface area contributed by atoms with Crippen LogP contribution in [0.1, 0.15) is 88.2 Å². The van der Waals surface area contributed by atoms with E-state index in [1.165, 1.54) is 68.9 Å². The van der Waals surface area contributed by atoms with Gasteiger partial charge in [-0.15, -0.1) is 0 Å². The first-order valence-corrected chi connectivity index (χ1v) is 12.0. The number of aryl methyl sites for hydroxylation is 2. The predicted octanol–water partition coefficient (Wildman–Crippen LogP) is 5.38. The summed E-state index contributed by atoms with van der Waals surface area (Å²) < 4.78 is 0. The largest absolute Gasteiger partial charge is 0.335 e. The van der Waals surface area contributed by atoms with Gasteiger partial charge in [0.25, 0.3) is 0 Å². The molecular weight excluding hydrogens is 374 g/mol. The molecule has 2 aliphatic rings. The van der Waals surface area contributed by atoms with Crippen LogP contribution in [0.3, 0.4) is 0 Å². The second-order valence-corrected chi connectivity index (χ2v) is 9.25. The van der Waals surface area contributed by atoms with E-state index >= 15 is 0 Å². The number of rotatable bonds is 3. The van der Waals surface area contributed by atoms with E-state index in [1.54, 1.807) is 4.90 Å². The molecule has 1 aromatic rings. The SMILES string of the molecule is Cc1ccc(N2C[C@H](NC(=O)NC3CCCCCCCCCCC3)CC2=O)cc1C. The summed E-state index contributed by atoms with van der Waals surface area (Å²) in [6.45, 7) is 4.67. The van der Waals surface area contributed by atoms with E-state index in [-0.39, 0.29) is 24.0 Å². The number of nitrogens with zero attached hydrogens (tertiary/aromatic N) is 1. The van der Waals surface area contributed by atoms with Crippen LogP contribution in [0.15, 0.2) is 18.2 Å². The Hall–Kier alpha value is -2.04. The van der Waals surface area contributed by atoms with E-state index in [9.17, 15) is 9.59 Å². The van der Waals surface area contributed by atoms with Crippen molar-refractivity contribution < 1.29 is 9.59 Å². The Morgan fingerprint density at radius 3 is 2.00 bits per heavy atom.